The SMILES string of the molecule is O=C(NCc1ccccc1Cl)Nc1cccc(-c2ccc(F)cc2)n1. The van der Waals surface area contributed by atoms with Crippen molar-refractivity contribution in [2.24, 2.45) is 0 Å². The van der Waals surface area contributed by atoms with E-state index in [1.54, 1.807) is 36.4 Å². The van der Waals surface area contributed by atoms with E-state index in [4.69, 9.17) is 11.6 Å². The van der Waals surface area contributed by atoms with Gasteiger partial charge < -0.3 is 5.32 Å². The second-order valence-electron chi connectivity index (χ2n) is 5.31. The number of hydrogen-bond donors (Lipinski definition) is 2. The Morgan fingerprint density at radius 3 is 2.52 bits per heavy atom. The van der Waals surface area contributed by atoms with E-state index < -0.39 is 0 Å². The van der Waals surface area contributed by atoms with Crippen molar-refractivity contribution < 1.29 is 9.18 Å². The fourth-order valence-corrected chi connectivity index (χ4v) is 2.47. The van der Waals surface area contributed by atoms with Gasteiger partial charge >= 0.3 is 6.03 Å². The Bertz CT molecular complexity index is 884. The lowest BCUT2D eigenvalue weighted by Gasteiger charge is -2.09. The number of anilines is 1. The summed E-state index contributed by atoms with van der Waals surface area (Å²) in [7, 11) is 0. The van der Waals surface area contributed by atoms with Gasteiger partial charge in [0.2, 0.25) is 0 Å². The van der Waals surface area contributed by atoms with Crippen molar-refractivity contribution in [2.45, 2.75) is 6.54 Å². The number of benzene rings is 2. The van der Waals surface area contributed by atoms with Gasteiger partial charge in [0, 0.05) is 17.1 Å². The van der Waals surface area contributed by atoms with Crippen LogP contribution in [-0.4, -0.2) is 11.0 Å². The lowest BCUT2D eigenvalue weighted by Crippen LogP contribution is -2.28. The van der Waals surface area contributed by atoms with E-state index >= 15 is 0 Å². The van der Waals surface area contributed by atoms with Gasteiger partial charge in [-0.2, -0.15) is 0 Å². The molecule has 2 N–H and O–H groups in total. The highest BCUT2D eigenvalue weighted by Gasteiger charge is 2.06. The largest absolute Gasteiger partial charge is 0.334 e. The van der Waals surface area contributed by atoms with Gasteiger partial charge in [-0.05, 0) is 48.0 Å². The second kappa shape index (κ2) is 7.77. The Balaban J connectivity index is 1.64. The number of aromatic nitrogens is 1. The first-order valence-electron chi connectivity index (χ1n) is 7.63. The van der Waals surface area contributed by atoms with Crippen LogP contribution < -0.4 is 10.6 Å². The van der Waals surface area contributed by atoms with Crippen molar-refractivity contribution in [3.63, 3.8) is 0 Å². The predicted octanol–water partition coefficient (Wildman–Crippen LogP) is 4.86. The molecule has 0 saturated heterocycles. The van der Waals surface area contributed by atoms with Gasteiger partial charge in [0.1, 0.15) is 11.6 Å². The van der Waals surface area contributed by atoms with Crippen molar-refractivity contribution in [3.05, 3.63) is 83.1 Å². The van der Waals surface area contributed by atoms with Crippen LogP contribution in [0.15, 0.2) is 66.7 Å². The van der Waals surface area contributed by atoms with Gasteiger partial charge in [0.25, 0.3) is 0 Å². The van der Waals surface area contributed by atoms with Crippen LogP contribution in [0.25, 0.3) is 11.3 Å². The smallest absolute Gasteiger partial charge is 0.320 e. The summed E-state index contributed by atoms with van der Waals surface area (Å²) < 4.78 is 13.0. The normalized spacial score (nSPS) is 10.3. The molecule has 4 nitrogen and oxygen atoms in total. The Morgan fingerprint density at radius 2 is 1.76 bits per heavy atom. The molecule has 0 aliphatic rings. The molecular formula is C19H15ClFN3O. The molecule has 0 aliphatic heterocycles. The Hall–Kier alpha value is -2.92. The standard InChI is InChI=1S/C19H15ClFN3O/c20-16-5-2-1-4-14(16)12-22-19(25)24-18-7-3-6-17(23-18)13-8-10-15(21)11-9-13/h1-11H,12H2,(H2,22,23,24,25). The molecule has 1 heterocycles. The van der Waals surface area contributed by atoms with E-state index in [0.29, 0.717) is 23.1 Å². The average molecular weight is 356 g/mol. The highest BCUT2D eigenvalue weighted by molar-refractivity contribution is 6.31. The van der Waals surface area contributed by atoms with Gasteiger partial charge in [-0.1, -0.05) is 35.9 Å². The van der Waals surface area contributed by atoms with Crippen LogP contribution in [0.4, 0.5) is 15.0 Å². The van der Waals surface area contributed by atoms with Gasteiger partial charge in [-0.3, -0.25) is 5.32 Å². The van der Waals surface area contributed by atoms with Gasteiger partial charge in [0.15, 0.2) is 0 Å². The number of pyridine rings is 1. The lowest BCUT2D eigenvalue weighted by atomic mass is 10.1. The Morgan fingerprint density at radius 1 is 1.00 bits per heavy atom. The summed E-state index contributed by atoms with van der Waals surface area (Å²) in [6.07, 6.45) is 0. The molecule has 0 aliphatic carbocycles. The summed E-state index contributed by atoms with van der Waals surface area (Å²) in [5, 5.41) is 6.00. The van der Waals surface area contributed by atoms with E-state index in [-0.39, 0.29) is 11.8 Å². The van der Waals surface area contributed by atoms with Crippen LogP contribution in [0.3, 0.4) is 0 Å². The third kappa shape index (κ3) is 4.55. The van der Waals surface area contributed by atoms with E-state index in [9.17, 15) is 9.18 Å². The molecule has 0 atom stereocenters. The molecule has 126 valence electrons. The fraction of sp³-hybridized carbons (Fsp3) is 0.0526. The first-order valence-corrected chi connectivity index (χ1v) is 8.01. The number of hydrogen-bond acceptors (Lipinski definition) is 2. The number of carbonyl (C=O) groups is 1. The van der Waals surface area contributed by atoms with E-state index in [1.165, 1.54) is 12.1 Å². The number of amides is 2. The lowest BCUT2D eigenvalue weighted by molar-refractivity contribution is 0.251. The molecule has 0 bridgehead atoms. The molecule has 0 fully saturated rings. The third-order valence-corrected chi connectivity index (χ3v) is 3.90. The van der Waals surface area contributed by atoms with Crippen LogP contribution >= 0.6 is 11.6 Å². The van der Waals surface area contributed by atoms with Crippen molar-refractivity contribution in [1.29, 1.82) is 0 Å². The third-order valence-electron chi connectivity index (χ3n) is 3.53. The summed E-state index contributed by atoms with van der Waals surface area (Å²) in [4.78, 5) is 16.4. The van der Waals surface area contributed by atoms with Crippen LogP contribution in [0, 0.1) is 5.82 Å². The molecule has 6 heteroatoms. The zero-order valence-electron chi connectivity index (χ0n) is 13.2. The van der Waals surface area contributed by atoms with Crippen LogP contribution in [0.5, 0.6) is 0 Å². The number of carbonyl (C=O) groups excluding carboxylic acids is 1. The Kier molecular flexibility index (Phi) is 5.26. The molecule has 0 unspecified atom stereocenters. The molecule has 3 rings (SSSR count). The first kappa shape index (κ1) is 16.9. The Labute approximate surface area is 149 Å². The van der Waals surface area contributed by atoms with E-state index in [0.717, 1.165) is 11.1 Å². The van der Waals surface area contributed by atoms with Crippen molar-refractivity contribution in [1.82, 2.24) is 10.3 Å². The minimum atomic E-state index is -0.385. The van der Waals surface area contributed by atoms with Crippen LogP contribution in [0.1, 0.15) is 5.56 Å². The molecule has 2 amide bonds. The second-order valence-corrected chi connectivity index (χ2v) is 5.72. The number of urea groups is 1. The molecule has 0 radical (unpaired) electrons. The van der Waals surface area contributed by atoms with Crippen molar-refractivity contribution in [3.8, 4) is 11.3 Å². The summed E-state index contributed by atoms with van der Waals surface area (Å²) in [6.45, 7) is 0.309. The summed E-state index contributed by atoms with van der Waals surface area (Å²) >= 11 is 6.06. The molecule has 0 saturated carbocycles. The van der Waals surface area contributed by atoms with Crippen molar-refractivity contribution in [2.75, 3.05) is 5.32 Å². The predicted molar refractivity (Wildman–Crippen MR) is 96.9 cm³/mol. The summed E-state index contributed by atoms with van der Waals surface area (Å²) in [6, 6.07) is 18.2. The maximum atomic E-state index is 13.0. The minimum Gasteiger partial charge on any atom is -0.334 e. The first-order chi connectivity index (χ1) is 12.1. The zero-order chi connectivity index (χ0) is 17.6. The van der Waals surface area contributed by atoms with E-state index in [2.05, 4.69) is 15.6 Å². The highest BCUT2D eigenvalue weighted by atomic mass is 35.5. The summed E-state index contributed by atoms with van der Waals surface area (Å²) in [5.41, 5.74) is 2.23. The topological polar surface area (TPSA) is 54.0 Å². The fourth-order valence-electron chi connectivity index (χ4n) is 2.26. The molecule has 0 spiro atoms. The van der Waals surface area contributed by atoms with Gasteiger partial charge in [-0.25, -0.2) is 14.2 Å². The highest BCUT2D eigenvalue weighted by Crippen LogP contribution is 2.19. The zero-order valence-corrected chi connectivity index (χ0v) is 13.9. The number of rotatable bonds is 4. The van der Waals surface area contributed by atoms with Crippen LogP contribution in [-0.2, 0) is 6.54 Å². The maximum absolute atomic E-state index is 13.0. The quantitative estimate of drug-likeness (QED) is 0.702. The summed E-state index contributed by atoms with van der Waals surface area (Å²) in [5.74, 6) is 0.0930. The van der Waals surface area contributed by atoms with Crippen LogP contribution in [0.2, 0.25) is 5.02 Å². The minimum absolute atomic E-state index is 0.308. The van der Waals surface area contributed by atoms with Gasteiger partial charge in [-0.15, -0.1) is 0 Å². The number of nitrogens with one attached hydrogen (secondary N) is 2. The molecule has 3 aromatic rings. The molecule has 2 aromatic carbocycles. The number of nitrogens with zero attached hydrogens (tertiary/aromatic N) is 1. The maximum Gasteiger partial charge on any atom is 0.320 e. The molecular weight excluding hydrogens is 341 g/mol. The monoisotopic (exact) mass is 355 g/mol. The molecule has 1 aromatic heterocycles. The van der Waals surface area contributed by atoms with Crippen molar-refractivity contribution >= 4 is 23.4 Å². The average Bonchev–Trinajstić information content (AvgIpc) is 2.62. The molecule has 25 heavy (non-hydrogen) atoms. The van der Waals surface area contributed by atoms with E-state index in [1.807, 2.05) is 18.2 Å². The van der Waals surface area contributed by atoms with Gasteiger partial charge in [0.05, 0.1) is 5.69 Å². The number of halogens is 2.